The number of halogens is 1. The summed E-state index contributed by atoms with van der Waals surface area (Å²) in [4.78, 5) is 13.4. The SMILES string of the molecule is Br.C(=C\c1ccc(-c2cn3cc(/C=C/C=N/NC4=NCCCN4)ccc3n2)cc1)/C=N/NC1=NCCCN1. The molecular formula is C27H31BrN10. The number of hydrogen-bond donors (Lipinski definition) is 4. The lowest BCUT2D eigenvalue weighted by molar-refractivity contribution is 0.712. The van der Waals surface area contributed by atoms with Gasteiger partial charge in [0.05, 0.1) is 5.69 Å². The number of guanidine groups is 2. The minimum atomic E-state index is 0. The van der Waals surface area contributed by atoms with Gasteiger partial charge in [0.15, 0.2) is 0 Å². The van der Waals surface area contributed by atoms with Crippen LogP contribution in [0.2, 0.25) is 0 Å². The molecule has 0 saturated heterocycles. The Bertz CT molecular complexity index is 1380. The smallest absolute Gasteiger partial charge is 0.212 e. The van der Waals surface area contributed by atoms with Crippen molar-refractivity contribution in [3.8, 4) is 11.3 Å². The van der Waals surface area contributed by atoms with Gasteiger partial charge in [0.2, 0.25) is 11.9 Å². The lowest BCUT2D eigenvalue weighted by atomic mass is 10.1. The summed E-state index contributed by atoms with van der Waals surface area (Å²) in [5.41, 5.74) is 10.8. The molecule has 0 radical (unpaired) electrons. The molecular weight excluding hydrogens is 544 g/mol. The minimum Gasteiger partial charge on any atom is -0.355 e. The maximum atomic E-state index is 4.76. The van der Waals surface area contributed by atoms with E-state index < -0.39 is 0 Å². The second-order valence-corrected chi connectivity index (χ2v) is 8.50. The molecule has 0 aliphatic carbocycles. The van der Waals surface area contributed by atoms with Gasteiger partial charge < -0.3 is 15.0 Å². The van der Waals surface area contributed by atoms with E-state index in [1.807, 2.05) is 47.0 Å². The number of fused-ring (bicyclic) bond motifs is 1. The summed E-state index contributed by atoms with van der Waals surface area (Å²) in [6.45, 7) is 3.52. The molecule has 5 rings (SSSR count). The first-order valence-electron chi connectivity index (χ1n) is 12.4. The second-order valence-electron chi connectivity index (χ2n) is 8.50. The molecule has 0 fully saturated rings. The lowest BCUT2D eigenvalue weighted by Crippen LogP contribution is -2.38. The van der Waals surface area contributed by atoms with Crippen molar-refractivity contribution in [2.75, 3.05) is 26.2 Å². The van der Waals surface area contributed by atoms with Gasteiger partial charge in [0, 0.05) is 56.6 Å². The van der Waals surface area contributed by atoms with Crippen LogP contribution >= 0.6 is 17.0 Å². The van der Waals surface area contributed by atoms with E-state index in [1.54, 1.807) is 12.4 Å². The Morgan fingerprint density at radius 3 is 1.97 bits per heavy atom. The zero-order chi connectivity index (χ0) is 25.1. The van der Waals surface area contributed by atoms with Crippen LogP contribution in [0.25, 0.3) is 29.1 Å². The molecule has 3 aromatic rings. The predicted molar refractivity (Wildman–Crippen MR) is 162 cm³/mol. The molecule has 2 aliphatic heterocycles. The first-order valence-corrected chi connectivity index (χ1v) is 12.4. The number of nitrogens with one attached hydrogen (secondary N) is 4. The summed E-state index contributed by atoms with van der Waals surface area (Å²) in [5.74, 6) is 1.44. The number of aromatic nitrogens is 2. The minimum absolute atomic E-state index is 0. The third-order valence-electron chi connectivity index (χ3n) is 5.71. The van der Waals surface area contributed by atoms with E-state index in [1.165, 1.54) is 0 Å². The fourth-order valence-electron chi connectivity index (χ4n) is 3.82. The number of imidazole rings is 1. The number of aliphatic imine (C=N–C) groups is 2. The van der Waals surface area contributed by atoms with Crippen molar-refractivity contribution in [2.24, 2.45) is 20.2 Å². The molecule has 38 heavy (non-hydrogen) atoms. The van der Waals surface area contributed by atoms with Crippen LogP contribution in [0.15, 0.2) is 81.1 Å². The van der Waals surface area contributed by atoms with E-state index in [9.17, 15) is 0 Å². The van der Waals surface area contributed by atoms with Crippen LogP contribution in [0.5, 0.6) is 0 Å². The van der Waals surface area contributed by atoms with Crippen molar-refractivity contribution < 1.29 is 0 Å². The fraction of sp³-hybridized carbons (Fsp3) is 0.222. The molecule has 1 aromatic carbocycles. The summed E-state index contributed by atoms with van der Waals surface area (Å²) < 4.78 is 2.04. The monoisotopic (exact) mass is 574 g/mol. The van der Waals surface area contributed by atoms with Gasteiger partial charge in [0.1, 0.15) is 5.65 Å². The average molecular weight is 576 g/mol. The number of nitrogens with zero attached hydrogens (tertiary/aromatic N) is 6. The Kier molecular flexibility index (Phi) is 9.80. The lowest BCUT2D eigenvalue weighted by Gasteiger charge is -2.12. The van der Waals surface area contributed by atoms with Gasteiger partial charge in [-0.1, -0.05) is 36.4 Å². The maximum absolute atomic E-state index is 4.76. The van der Waals surface area contributed by atoms with Gasteiger partial charge in [0.25, 0.3) is 0 Å². The van der Waals surface area contributed by atoms with Gasteiger partial charge in [-0.2, -0.15) is 10.2 Å². The molecule has 0 spiro atoms. The van der Waals surface area contributed by atoms with E-state index >= 15 is 0 Å². The Labute approximate surface area is 232 Å². The molecule has 11 heteroatoms. The van der Waals surface area contributed by atoms with E-state index in [4.69, 9.17) is 4.98 Å². The van der Waals surface area contributed by atoms with Crippen molar-refractivity contribution in [1.82, 2.24) is 30.9 Å². The number of pyridine rings is 1. The Morgan fingerprint density at radius 1 is 0.763 bits per heavy atom. The number of benzene rings is 1. The van der Waals surface area contributed by atoms with E-state index in [0.29, 0.717) is 0 Å². The average Bonchev–Trinajstić information content (AvgIpc) is 3.38. The number of rotatable bonds is 7. The van der Waals surface area contributed by atoms with Crippen molar-refractivity contribution in [1.29, 1.82) is 0 Å². The van der Waals surface area contributed by atoms with Crippen LogP contribution in [0.4, 0.5) is 0 Å². The van der Waals surface area contributed by atoms with Crippen molar-refractivity contribution in [2.45, 2.75) is 12.8 Å². The highest BCUT2D eigenvalue weighted by atomic mass is 79.9. The second kappa shape index (κ2) is 13.9. The van der Waals surface area contributed by atoms with Crippen LogP contribution in [-0.2, 0) is 0 Å². The summed E-state index contributed by atoms with van der Waals surface area (Å²) in [6, 6.07) is 12.3. The van der Waals surface area contributed by atoms with E-state index in [0.717, 1.165) is 79.0 Å². The van der Waals surface area contributed by atoms with Crippen molar-refractivity contribution in [3.05, 3.63) is 72.1 Å². The first kappa shape index (κ1) is 26.8. The number of hydrazone groups is 2. The number of hydrogen-bond acceptors (Lipinski definition) is 9. The highest BCUT2D eigenvalue weighted by Gasteiger charge is 2.05. The van der Waals surface area contributed by atoms with Crippen LogP contribution < -0.4 is 21.5 Å². The Balaban J connectivity index is 0.00000336. The standard InChI is InChI=1S/C27H30N10.BrH/c1(17-32-35-26-28-13-3-14-29-26)5-21-7-10-23(11-8-21)24-20-37-19-22(9-12-25(37)34-24)6-2-18-33-36-27-30-15-4-16-31-27;/h1-2,5-12,17-20H,3-4,13-16H2,(H2,28,29,35)(H2,30,31,36);1H/b5-1+,6-2+,32-17+,33-18+;. The zero-order valence-corrected chi connectivity index (χ0v) is 22.6. The van der Waals surface area contributed by atoms with Gasteiger partial charge in [-0.25, -0.2) is 15.8 Å². The zero-order valence-electron chi connectivity index (χ0n) is 20.9. The third kappa shape index (κ3) is 7.62. The molecule has 10 nitrogen and oxygen atoms in total. The molecule has 0 bridgehead atoms. The summed E-state index contributed by atoms with van der Waals surface area (Å²) in [6.07, 6.45) is 17.4. The van der Waals surface area contributed by atoms with E-state index in [-0.39, 0.29) is 17.0 Å². The highest BCUT2D eigenvalue weighted by molar-refractivity contribution is 8.93. The molecule has 0 amide bonds. The largest absolute Gasteiger partial charge is 0.355 e. The van der Waals surface area contributed by atoms with Gasteiger partial charge >= 0.3 is 0 Å². The van der Waals surface area contributed by atoms with Crippen LogP contribution in [0, 0.1) is 0 Å². The highest BCUT2D eigenvalue weighted by Crippen LogP contribution is 2.21. The van der Waals surface area contributed by atoms with Gasteiger partial charge in [-0.15, -0.1) is 17.0 Å². The van der Waals surface area contributed by atoms with Crippen molar-refractivity contribution in [3.63, 3.8) is 0 Å². The van der Waals surface area contributed by atoms with Crippen LogP contribution in [0.1, 0.15) is 24.0 Å². The number of allylic oxidation sites excluding steroid dienone is 2. The Morgan fingerprint density at radius 2 is 1.37 bits per heavy atom. The van der Waals surface area contributed by atoms with Gasteiger partial charge in [-0.3, -0.25) is 9.98 Å². The summed E-state index contributed by atoms with van der Waals surface area (Å²) >= 11 is 0. The first-order chi connectivity index (χ1) is 18.3. The molecule has 4 N–H and O–H groups in total. The Hall–Kier alpha value is -4.25. The normalized spacial score (nSPS) is 15.9. The molecule has 0 atom stereocenters. The van der Waals surface area contributed by atoms with Crippen LogP contribution in [-0.4, -0.2) is 59.9 Å². The quantitative estimate of drug-likeness (QED) is 0.255. The molecule has 0 unspecified atom stereocenters. The van der Waals surface area contributed by atoms with Gasteiger partial charge in [-0.05, 0) is 48.3 Å². The van der Waals surface area contributed by atoms with Crippen molar-refractivity contribution >= 4 is 59.1 Å². The fourth-order valence-corrected chi connectivity index (χ4v) is 3.82. The maximum Gasteiger partial charge on any atom is 0.212 e. The molecule has 0 saturated carbocycles. The molecule has 2 aliphatic rings. The van der Waals surface area contributed by atoms with Crippen LogP contribution in [0.3, 0.4) is 0 Å². The topological polar surface area (TPSA) is 115 Å². The molecule has 4 heterocycles. The third-order valence-corrected chi connectivity index (χ3v) is 5.71. The predicted octanol–water partition coefficient (Wildman–Crippen LogP) is 3.46. The summed E-state index contributed by atoms with van der Waals surface area (Å²) in [5, 5.41) is 14.7. The molecule has 196 valence electrons. The van der Waals surface area contributed by atoms with E-state index in [2.05, 4.69) is 72.1 Å². The summed E-state index contributed by atoms with van der Waals surface area (Å²) in [7, 11) is 0. The molecule has 2 aromatic heterocycles.